The molecule has 4 nitrogen and oxygen atoms in total. The topological polar surface area (TPSA) is 53.7 Å². The zero-order chi connectivity index (χ0) is 13.8. The van der Waals surface area contributed by atoms with E-state index in [-0.39, 0.29) is 6.10 Å². The Hall–Kier alpha value is -0.160. The van der Waals surface area contributed by atoms with Crippen molar-refractivity contribution in [1.29, 1.82) is 0 Å². The molecule has 0 saturated carbocycles. The van der Waals surface area contributed by atoms with Crippen molar-refractivity contribution in [2.24, 2.45) is 11.7 Å². The van der Waals surface area contributed by atoms with Crippen molar-refractivity contribution in [2.45, 2.75) is 52.2 Å². The largest absolute Gasteiger partial charge is 0.382 e. The minimum atomic E-state index is 0.232. The fraction of sp³-hybridized carbons (Fsp3) is 1.00. The van der Waals surface area contributed by atoms with E-state index in [1.807, 2.05) is 0 Å². The van der Waals surface area contributed by atoms with Crippen LogP contribution in [0.15, 0.2) is 0 Å². The molecule has 0 aromatic carbocycles. The molecule has 0 aromatic rings. The first kappa shape index (κ1) is 17.8. The summed E-state index contributed by atoms with van der Waals surface area (Å²) in [7, 11) is 1.68. The molecular weight excluding hydrogens is 230 g/mol. The van der Waals surface area contributed by atoms with Crippen molar-refractivity contribution >= 4 is 0 Å². The van der Waals surface area contributed by atoms with E-state index in [1.54, 1.807) is 7.11 Å². The Kier molecular flexibility index (Phi) is 11.8. The third-order valence-corrected chi connectivity index (χ3v) is 2.74. The second-order valence-corrected chi connectivity index (χ2v) is 5.18. The smallest absolute Gasteiger partial charge is 0.0704 e. The highest BCUT2D eigenvalue weighted by Gasteiger charge is 2.11. The summed E-state index contributed by atoms with van der Waals surface area (Å²) in [6.07, 6.45) is 3.44. The molecule has 18 heavy (non-hydrogen) atoms. The third kappa shape index (κ3) is 11.0. The van der Waals surface area contributed by atoms with Crippen LogP contribution in [-0.4, -0.2) is 45.7 Å². The molecule has 0 amide bonds. The van der Waals surface area contributed by atoms with Gasteiger partial charge in [0.1, 0.15) is 0 Å². The molecule has 0 saturated heterocycles. The van der Waals surface area contributed by atoms with Crippen LogP contribution in [0.4, 0.5) is 0 Å². The lowest BCUT2D eigenvalue weighted by molar-refractivity contribution is -0.00724. The summed E-state index contributed by atoms with van der Waals surface area (Å²) in [6, 6.07) is 0. The molecule has 2 N–H and O–H groups in total. The molecule has 0 heterocycles. The number of rotatable bonds is 12. The summed E-state index contributed by atoms with van der Waals surface area (Å²) in [5.41, 5.74) is 5.60. The lowest BCUT2D eigenvalue weighted by atomic mass is 10.1. The lowest BCUT2D eigenvalue weighted by Gasteiger charge is -2.20. The van der Waals surface area contributed by atoms with E-state index in [0.29, 0.717) is 31.8 Å². The lowest BCUT2D eigenvalue weighted by Crippen LogP contribution is -2.22. The maximum Gasteiger partial charge on any atom is 0.0704 e. The average Bonchev–Trinajstić information content (AvgIpc) is 2.33. The van der Waals surface area contributed by atoms with Crippen LogP contribution in [0.5, 0.6) is 0 Å². The zero-order valence-electron chi connectivity index (χ0n) is 12.5. The van der Waals surface area contributed by atoms with Crippen LogP contribution in [0.3, 0.4) is 0 Å². The number of hydrogen-bond acceptors (Lipinski definition) is 4. The van der Waals surface area contributed by atoms with Gasteiger partial charge in [-0.25, -0.2) is 0 Å². The Morgan fingerprint density at radius 2 is 1.67 bits per heavy atom. The van der Waals surface area contributed by atoms with E-state index in [1.165, 1.54) is 0 Å². The van der Waals surface area contributed by atoms with Crippen LogP contribution in [0.2, 0.25) is 0 Å². The van der Waals surface area contributed by atoms with Gasteiger partial charge in [0, 0.05) is 13.7 Å². The van der Waals surface area contributed by atoms with E-state index in [2.05, 4.69) is 20.8 Å². The van der Waals surface area contributed by atoms with Crippen LogP contribution in [-0.2, 0) is 14.2 Å². The maximum atomic E-state index is 5.75. The molecule has 0 bridgehead atoms. The Bertz CT molecular complexity index is 176. The van der Waals surface area contributed by atoms with Crippen molar-refractivity contribution in [1.82, 2.24) is 0 Å². The summed E-state index contributed by atoms with van der Waals surface area (Å²) in [5, 5.41) is 0. The van der Waals surface area contributed by atoms with Crippen molar-refractivity contribution in [2.75, 3.05) is 33.5 Å². The maximum absolute atomic E-state index is 5.75. The number of ether oxygens (including phenoxy) is 3. The monoisotopic (exact) mass is 261 g/mol. The molecule has 110 valence electrons. The molecule has 0 aromatic heterocycles. The average molecular weight is 261 g/mol. The van der Waals surface area contributed by atoms with Gasteiger partial charge in [0.05, 0.1) is 25.4 Å². The summed E-state index contributed by atoms with van der Waals surface area (Å²) in [5.74, 6) is 0.588. The second-order valence-electron chi connectivity index (χ2n) is 5.18. The molecule has 4 heteroatoms. The predicted molar refractivity (Wildman–Crippen MR) is 74.8 cm³/mol. The minimum Gasteiger partial charge on any atom is -0.382 e. The first-order chi connectivity index (χ1) is 8.60. The summed E-state index contributed by atoms with van der Waals surface area (Å²) >= 11 is 0. The van der Waals surface area contributed by atoms with E-state index in [9.17, 15) is 0 Å². The molecule has 0 spiro atoms. The first-order valence-corrected chi connectivity index (χ1v) is 7.02. The number of methoxy groups -OCH3 is 1. The third-order valence-electron chi connectivity index (χ3n) is 2.74. The Morgan fingerprint density at radius 1 is 0.944 bits per heavy atom. The molecule has 0 aliphatic carbocycles. The van der Waals surface area contributed by atoms with Gasteiger partial charge >= 0.3 is 0 Å². The van der Waals surface area contributed by atoms with Gasteiger partial charge in [0.2, 0.25) is 0 Å². The minimum absolute atomic E-state index is 0.232. The molecule has 0 aliphatic rings. The van der Waals surface area contributed by atoms with E-state index < -0.39 is 0 Å². The zero-order valence-corrected chi connectivity index (χ0v) is 12.5. The van der Waals surface area contributed by atoms with Crippen LogP contribution in [0.25, 0.3) is 0 Å². The van der Waals surface area contributed by atoms with Gasteiger partial charge in [-0.15, -0.1) is 0 Å². The molecule has 0 radical (unpaired) electrons. The summed E-state index contributed by atoms with van der Waals surface area (Å²) < 4.78 is 16.5. The fourth-order valence-corrected chi connectivity index (χ4v) is 1.66. The van der Waals surface area contributed by atoms with Gasteiger partial charge in [-0.05, 0) is 38.6 Å². The molecule has 0 aliphatic heterocycles. The van der Waals surface area contributed by atoms with Gasteiger partial charge in [-0.3, -0.25) is 0 Å². The summed E-state index contributed by atoms with van der Waals surface area (Å²) in [4.78, 5) is 0. The number of hydrogen-bond donors (Lipinski definition) is 1. The van der Waals surface area contributed by atoms with Crippen molar-refractivity contribution in [3.8, 4) is 0 Å². The van der Waals surface area contributed by atoms with Crippen LogP contribution < -0.4 is 5.73 Å². The van der Waals surface area contributed by atoms with Crippen LogP contribution in [0, 0.1) is 5.92 Å². The van der Waals surface area contributed by atoms with E-state index >= 15 is 0 Å². The number of nitrogens with two attached hydrogens (primary N) is 1. The van der Waals surface area contributed by atoms with Crippen LogP contribution in [0.1, 0.15) is 40.0 Å². The highest BCUT2D eigenvalue weighted by atomic mass is 16.5. The standard InChI is InChI=1S/C14H31NO3/c1-12(2)11-18-13(3)5-6-14(7-8-15)17-10-9-16-4/h12-14H,5-11,15H2,1-4H3. The van der Waals surface area contributed by atoms with Crippen molar-refractivity contribution in [3.05, 3.63) is 0 Å². The van der Waals surface area contributed by atoms with Gasteiger partial charge in [-0.1, -0.05) is 13.8 Å². The molecule has 2 atom stereocenters. The van der Waals surface area contributed by atoms with Crippen molar-refractivity contribution in [3.63, 3.8) is 0 Å². The Balaban J connectivity index is 3.72. The molecular formula is C14H31NO3. The van der Waals surface area contributed by atoms with Gasteiger partial charge < -0.3 is 19.9 Å². The SMILES string of the molecule is COCCOC(CCN)CCC(C)OCC(C)C. The van der Waals surface area contributed by atoms with E-state index in [4.69, 9.17) is 19.9 Å². The van der Waals surface area contributed by atoms with Gasteiger partial charge in [0.25, 0.3) is 0 Å². The quantitative estimate of drug-likeness (QED) is 0.547. The van der Waals surface area contributed by atoms with Crippen LogP contribution >= 0.6 is 0 Å². The normalized spacial score (nSPS) is 15.0. The Morgan fingerprint density at radius 3 is 2.22 bits per heavy atom. The second kappa shape index (κ2) is 11.9. The fourth-order valence-electron chi connectivity index (χ4n) is 1.66. The predicted octanol–water partition coefficient (Wildman–Crippen LogP) is 2.21. The molecule has 0 fully saturated rings. The van der Waals surface area contributed by atoms with E-state index in [0.717, 1.165) is 25.9 Å². The highest BCUT2D eigenvalue weighted by molar-refractivity contribution is 4.63. The van der Waals surface area contributed by atoms with Gasteiger partial charge in [0.15, 0.2) is 0 Å². The summed E-state index contributed by atoms with van der Waals surface area (Å²) in [6.45, 7) is 9.22. The highest BCUT2D eigenvalue weighted by Crippen LogP contribution is 2.11. The molecule has 2 unspecified atom stereocenters. The Labute approximate surface area is 112 Å². The van der Waals surface area contributed by atoms with Gasteiger partial charge in [-0.2, -0.15) is 0 Å². The molecule has 0 rings (SSSR count). The first-order valence-electron chi connectivity index (χ1n) is 7.02. The van der Waals surface area contributed by atoms with Crippen molar-refractivity contribution < 1.29 is 14.2 Å².